The van der Waals surface area contributed by atoms with Crippen LogP contribution in [0.2, 0.25) is 0 Å². The maximum absolute atomic E-state index is 12.8. The molecule has 4 rings (SSSR count). The number of carbonyl (C=O) groups excluding carboxylic acids is 1. The number of aromatic nitrogens is 5. The van der Waals surface area contributed by atoms with Crippen molar-refractivity contribution in [2.24, 2.45) is 7.05 Å². The van der Waals surface area contributed by atoms with Gasteiger partial charge in [-0.3, -0.25) is 14.8 Å². The van der Waals surface area contributed by atoms with Crippen molar-refractivity contribution in [2.75, 3.05) is 18.4 Å². The van der Waals surface area contributed by atoms with Gasteiger partial charge in [0.2, 0.25) is 5.95 Å². The lowest BCUT2D eigenvalue weighted by atomic mass is 9.98. The molecule has 154 valence electrons. The number of halogens is 1. The molecule has 1 amide bonds. The first-order valence-corrected chi connectivity index (χ1v) is 9.61. The summed E-state index contributed by atoms with van der Waals surface area (Å²) in [5.74, 6) is 1.39. The number of nitrogens with zero attached hydrogens (tertiary/aromatic N) is 5. The molecule has 8 nitrogen and oxygen atoms in total. The van der Waals surface area contributed by atoms with Gasteiger partial charge >= 0.3 is 0 Å². The van der Waals surface area contributed by atoms with E-state index in [9.17, 15) is 4.79 Å². The fourth-order valence-corrected chi connectivity index (χ4v) is 3.52. The van der Waals surface area contributed by atoms with Gasteiger partial charge < -0.3 is 5.32 Å². The topological polar surface area (TPSA) is 89.7 Å². The first-order valence-electron chi connectivity index (χ1n) is 9.61. The smallest absolute Gasteiger partial charge is 0.261 e. The predicted octanol–water partition coefficient (Wildman–Crippen LogP) is 2.51. The number of hydrogen-bond donors (Lipinski definition) is 2. The summed E-state index contributed by atoms with van der Waals surface area (Å²) in [5, 5.41) is 15.1. The normalized spacial score (nSPS) is 14.4. The van der Waals surface area contributed by atoms with Gasteiger partial charge in [0.1, 0.15) is 0 Å². The zero-order chi connectivity index (χ0) is 19.5. The van der Waals surface area contributed by atoms with Crippen LogP contribution in [0.5, 0.6) is 0 Å². The highest BCUT2D eigenvalue weighted by Gasteiger charge is 2.22. The molecule has 0 atom stereocenters. The van der Waals surface area contributed by atoms with Gasteiger partial charge in [0.15, 0.2) is 5.82 Å². The Labute approximate surface area is 176 Å². The van der Waals surface area contributed by atoms with Gasteiger partial charge in [-0.25, -0.2) is 4.68 Å². The van der Waals surface area contributed by atoms with E-state index in [1.807, 2.05) is 41.9 Å². The minimum Gasteiger partial charge on any atom is -0.317 e. The largest absolute Gasteiger partial charge is 0.317 e. The van der Waals surface area contributed by atoms with E-state index in [4.69, 9.17) is 0 Å². The summed E-state index contributed by atoms with van der Waals surface area (Å²) < 4.78 is 3.47. The molecule has 2 aromatic heterocycles. The third kappa shape index (κ3) is 4.65. The Bertz CT molecular complexity index is 961. The number of nitrogens with one attached hydrogen (secondary N) is 2. The summed E-state index contributed by atoms with van der Waals surface area (Å²) in [4.78, 5) is 17.4. The minimum atomic E-state index is -0.218. The summed E-state index contributed by atoms with van der Waals surface area (Å²) >= 11 is 0. The van der Waals surface area contributed by atoms with E-state index in [1.54, 1.807) is 17.9 Å². The summed E-state index contributed by atoms with van der Waals surface area (Å²) in [7, 11) is 1.80. The molecule has 0 radical (unpaired) electrons. The molecule has 1 fully saturated rings. The van der Waals surface area contributed by atoms with E-state index in [2.05, 4.69) is 25.8 Å². The Morgan fingerprint density at radius 1 is 1.24 bits per heavy atom. The van der Waals surface area contributed by atoms with Crippen molar-refractivity contribution in [1.29, 1.82) is 0 Å². The highest BCUT2D eigenvalue weighted by Crippen LogP contribution is 2.23. The van der Waals surface area contributed by atoms with Crippen LogP contribution < -0.4 is 10.6 Å². The lowest BCUT2D eigenvalue weighted by Crippen LogP contribution is -2.27. The Hall–Kier alpha value is -2.71. The Morgan fingerprint density at radius 3 is 2.69 bits per heavy atom. The molecular formula is C20H26ClN7O. The van der Waals surface area contributed by atoms with Crippen LogP contribution in [0, 0.1) is 6.92 Å². The number of piperidine rings is 1. The summed E-state index contributed by atoms with van der Waals surface area (Å²) in [6.07, 6.45) is 3.64. The molecule has 1 saturated heterocycles. The zero-order valence-electron chi connectivity index (χ0n) is 16.6. The van der Waals surface area contributed by atoms with Gasteiger partial charge in [0.25, 0.3) is 5.91 Å². The van der Waals surface area contributed by atoms with Crippen molar-refractivity contribution in [1.82, 2.24) is 29.9 Å². The molecule has 2 N–H and O–H groups in total. The van der Waals surface area contributed by atoms with Crippen LogP contribution in [-0.4, -0.2) is 43.5 Å². The van der Waals surface area contributed by atoms with Gasteiger partial charge in [-0.15, -0.1) is 12.4 Å². The third-order valence-electron chi connectivity index (χ3n) is 5.23. The van der Waals surface area contributed by atoms with Crippen LogP contribution >= 0.6 is 12.4 Å². The number of benzene rings is 1. The molecule has 1 aliphatic rings. The summed E-state index contributed by atoms with van der Waals surface area (Å²) in [6, 6.07) is 10.1. The molecule has 0 bridgehead atoms. The Balaban J connectivity index is 0.00000240. The maximum Gasteiger partial charge on any atom is 0.261 e. The van der Waals surface area contributed by atoms with E-state index in [0.717, 1.165) is 43.0 Å². The van der Waals surface area contributed by atoms with Gasteiger partial charge in [0, 0.05) is 18.7 Å². The molecule has 3 aromatic rings. The fourth-order valence-electron chi connectivity index (χ4n) is 3.52. The molecule has 3 heterocycles. The van der Waals surface area contributed by atoms with Crippen molar-refractivity contribution >= 4 is 24.3 Å². The van der Waals surface area contributed by atoms with E-state index in [1.165, 1.54) is 0 Å². The summed E-state index contributed by atoms with van der Waals surface area (Å²) in [5.41, 5.74) is 2.50. The van der Waals surface area contributed by atoms with Crippen LogP contribution in [0.1, 0.15) is 46.2 Å². The minimum absolute atomic E-state index is 0. The molecule has 1 aliphatic heterocycles. The van der Waals surface area contributed by atoms with E-state index >= 15 is 0 Å². The number of anilines is 1. The van der Waals surface area contributed by atoms with Crippen LogP contribution in [0.3, 0.4) is 0 Å². The van der Waals surface area contributed by atoms with Crippen LogP contribution in [-0.2, 0) is 13.6 Å². The molecule has 9 heteroatoms. The average Bonchev–Trinajstić information content (AvgIpc) is 3.26. The number of hydrogen-bond acceptors (Lipinski definition) is 5. The SMILES string of the molecule is Cc1c(C(=O)Nc2nc(C3CCNCC3)nn2C)cnn1Cc1ccccc1.Cl. The Morgan fingerprint density at radius 2 is 1.97 bits per heavy atom. The van der Waals surface area contributed by atoms with E-state index in [0.29, 0.717) is 24.0 Å². The summed E-state index contributed by atoms with van der Waals surface area (Å²) in [6.45, 7) is 4.49. The average molecular weight is 416 g/mol. The van der Waals surface area contributed by atoms with Crippen molar-refractivity contribution in [2.45, 2.75) is 32.2 Å². The standard InChI is InChI=1S/C20H25N7O.ClH/c1-14-17(12-22-27(14)13-15-6-4-3-5-7-15)19(28)24-20-23-18(25-26(20)2)16-8-10-21-11-9-16;/h3-7,12,16,21H,8-11,13H2,1-2H3,(H,23,24,25,28);1H. The first kappa shape index (κ1) is 21.0. The second-order valence-corrected chi connectivity index (χ2v) is 7.18. The lowest BCUT2D eigenvalue weighted by molar-refractivity contribution is 0.102. The van der Waals surface area contributed by atoms with Crippen LogP contribution in [0.15, 0.2) is 36.5 Å². The van der Waals surface area contributed by atoms with Crippen molar-refractivity contribution in [3.63, 3.8) is 0 Å². The molecule has 0 spiro atoms. The monoisotopic (exact) mass is 415 g/mol. The molecule has 1 aromatic carbocycles. The second kappa shape index (κ2) is 9.19. The van der Waals surface area contributed by atoms with Gasteiger partial charge in [-0.05, 0) is 38.4 Å². The molecule has 0 saturated carbocycles. The Kier molecular flexibility index (Phi) is 6.66. The maximum atomic E-state index is 12.8. The number of carbonyl (C=O) groups is 1. The van der Waals surface area contributed by atoms with Gasteiger partial charge in [-0.1, -0.05) is 30.3 Å². The molecular weight excluding hydrogens is 390 g/mol. The van der Waals surface area contributed by atoms with Crippen LogP contribution in [0.25, 0.3) is 0 Å². The molecule has 0 unspecified atom stereocenters. The van der Waals surface area contributed by atoms with Crippen molar-refractivity contribution in [3.05, 3.63) is 59.2 Å². The van der Waals surface area contributed by atoms with Crippen molar-refractivity contribution in [3.8, 4) is 0 Å². The number of rotatable bonds is 5. The van der Waals surface area contributed by atoms with E-state index < -0.39 is 0 Å². The zero-order valence-corrected chi connectivity index (χ0v) is 17.4. The second-order valence-electron chi connectivity index (χ2n) is 7.18. The van der Waals surface area contributed by atoms with Gasteiger partial charge in [0.05, 0.1) is 18.3 Å². The highest BCUT2D eigenvalue weighted by atomic mass is 35.5. The number of amides is 1. The quantitative estimate of drug-likeness (QED) is 0.668. The fraction of sp³-hybridized carbons (Fsp3) is 0.400. The van der Waals surface area contributed by atoms with Gasteiger partial charge in [-0.2, -0.15) is 15.2 Å². The number of aryl methyl sites for hydroxylation is 1. The van der Waals surface area contributed by atoms with Crippen LogP contribution in [0.4, 0.5) is 5.95 Å². The molecule has 0 aliphatic carbocycles. The first-order chi connectivity index (χ1) is 13.6. The van der Waals surface area contributed by atoms with Crippen molar-refractivity contribution < 1.29 is 4.79 Å². The lowest BCUT2D eigenvalue weighted by Gasteiger charge is -2.19. The molecule has 29 heavy (non-hydrogen) atoms. The highest BCUT2D eigenvalue weighted by molar-refractivity contribution is 6.04. The third-order valence-corrected chi connectivity index (χ3v) is 5.23. The predicted molar refractivity (Wildman–Crippen MR) is 114 cm³/mol. The van der Waals surface area contributed by atoms with E-state index in [-0.39, 0.29) is 18.3 Å².